The van der Waals surface area contributed by atoms with Gasteiger partial charge in [0.15, 0.2) is 11.6 Å². The molecule has 0 spiro atoms. The van der Waals surface area contributed by atoms with E-state index in [1.54, 1.807) is 30.7 Å². The molecular weight excluding hydrogens is 445 g/mol. The van der Waals surface area contributed by atoms with E-state index in [2.05, 4.69) is 19.7 Å². The van der Waals surface area contributed by atoms with Gasteiger partial charge in [-0.25, -0.2) is 9.37 Å². The van der Waals surface area contributed by atoms with Crippen molar-refractivity contribution in [2.45, 2.75) is 12.8 Å². The molecular formula is C23H20FN5O3S. The molecule has 4 aromatic rings. The zero-order valence-electron chi connectivity index (χ0n) is 17.5. The number of benzene rings is 1. The number of H-pyrrole nitrogens is 1. The van der Waals surface area contributed by atoms with E-state index in [-0.39, 0.29) is 16.8 Å². The first-order valence-corrected chi connectivity index (χ1v) is 11.9. The fraction of sp³-hybridized carbons (Fsp3) is 0.174. The molecule has 4 heterocycles. The Labute approximate surface area is 189 Å². The third-order valence-electron chi connectivity index (χ3n) is 5.66. The third-order valence-corrected chi connectivity index (χ3v) is 7.18. The number of rotatable bonds is 6. The molecule has 0 unspecified atom stereocenters. The van der Waals surface area contributed by atoms with Crippen LogP contribution in [0.15, 0.2) is 61.2 Å². The maximum Gasteiger partial charge on any atom is 0.301 e. The molecule has 1 aliphatic rings. The molecule has 0 aliphatic carbocycles. The van der Waals surface area contributed by atoms with Crippen LogP contribution in [0.4, 0.5) is 10.1 Å². The minimum atomic E-state index is -3.89. The number of anilines is 1. The van der Waals surface area contributed by atoms with Crippen LogP contribution in [-0.2, 0) is 10.2 Å². The van der Waals surface area contributed by atoms with E-state index in [1.165, 1.54) is 28.7 Å². The Morgan fingerprint density at radius 2 is 1.88 bits per heavy atom. The summed E-state index contributed by atoms with van der Waals surface area (Å²) in [5.74, 6) is -1.50. The van der Waals surface area contributed by atoms with Gasteiger partial charge < -0.3 is 4.98 Å². The van der Waals surface area contributed by atoms with Crippen LogP contribution < -0.4 is 4.72 Å². The van der Waals surface area contributed by atoms with E-state index in [0.29, 0.717) is 24.1 Å². The van der Waals surface area contributed by atoms with Crippen molar-refractivity contribution in [3.8, 4) is 11.1 Å². The van der Waals surface area contributed by atoms with E-state index < -0.39 is 21.8 Å². The topological polar surface area (TPSA) is 108 Å². The number of aromatic nitrogens is 3. The molecule has 10 heteroatoms. The summed E-state index contributed by atoms with van der Waals surface area (Å²) in [6, 6.07) is 9.55. The summed E-state index contributed by atoms with van der Waals surface area (Å²) in [5, 5.41) is 0.531. The van der Waals surface area contributed by atoms with Gasteiger partial charge in [0.2, 0.25) is 0 Å². The van der Waals surface area contributed by atoms with E-state index in [1.807, 2.05) is 6.07 Å². The SMILES string of the molecule is O=C(c1cccc(NS(=O)(=O)N2CCCC2)c1F)c1c[nH]c2ncc(-c3cccnc3)cc12. The molecule has 3 aromatic heterocycles. The molecule has 0 radical (unpaired) electrons. The average molecular weight is 466 g/mol. The highest BCUT2D eigenvalue weighted by Gasteiger charge is 2.27. The van der Waals surface area contributed by atoms with E-state index in [0.717, 1.165) is 24.0 Å². The van der Waals surface area contributed by atoms with Crippen molar-refractivity contribution < 1.29 is 17.6 Å². The van der Waals surface area contributed by atoms with Gasteiger partial charge in [0.1, 0.15) is 5.65 Å². The van der Waals surface area contributed by atoms with Crippen LogP contribution in [0.3, 0.4) is 0 Å². The summed E-state index contributed by atoms with van der Waals surface area (Å²) in [5.41, 5.74) is 1.82. The number of nitrogens with one attached hydrogen (secondary N) is 2. The van der Waals surface area contributed by atoms with Crippen molar-refractivity contribution in [1.82, 2.24) is 19.3 Å². The Kier molecular flexibility index (Phi) is 5.39. The maximum atomic E-state index is 15.3. The molecule has 33 heavy (non-hydrogen) atoms. The normalized spacial score (nSPS) is 14.6. The first-order valence-electron chi connectivity index (χ1n) is 10.4. The summed E-state index contributed by atoms with van der Waals surface area (Å²) >= 11 is 0. The zero-order chi connectivity index (χ0) is 23.0. The highest BCUT2D eigenvalue weighted by Crippen LogP contribution is 2.28. The average Bonchev–Trinajstić information content (AvgIpc) is 3.51. The van der Waals surface area contributed by atoms with Crippen molar-refractivity contribution in [2.24, 2.45) is 0 Å². The summed E-state index contributed by atoms with van der Waals surface area (Å²) in [7, 11) is -3.89. The summed E-state index contributed by atoms with van der Waals surface area (Å²) in [4.78, 5) is 24.7. The number of fused-ring (bicyclic) bond motifs is 1. The van der Waals surface area contributed by atoms with Gasteiger partial charge in [-0.1, -0.05) is 12.1 Å². The first kappa shape index (κ1) is 21.2. The predicted octanol–water partition coefficient (Wildman–Crippen LogP) is 3.75. The molecule has 8 nitrogen and oxygen atoms in total. The highest BCUT2D eigenvalue weighted by atomic mass is 32.2. The van der Waals surface area contributed by atoms with Gasteiger partial charge in [0.05, 0.1) is 11.3 Å². The van der Waals surface area contributed by atoms with E-state index in [9.17, 15) is 13.2 Å². The molecule has 0 saturated carbocycles. The Morgan fingerprint density at radius 1 is 1.06 bits per heavy atom. The molecule has 1 saturated heterocycles. The number of nitrogens with zero attached hydrogens (tertiary/aromatic N) is 3. The Balaban J connectivity index is 1.50. The number of hydrogen-bond acceptors (Lipinski definition) is 5. The van der Waals surface area contributed by atoms with Crippen molar-refractivity contribution in [3.63, 3.8) is 0 Å². The van der Waals surface area contributed by atoms with Crippen LogP contribution in [0.5, 0.6) is 0 Å². The number of hydrogen-bond donors (Lipinski definition) is 2. The minimum Gasteiger partial charge on any atom is -0.345 e. The lowest BCUT2D eigenvalue weighted by Gasteiger charge is -2.17. The molecule has 1 aromatic carbocycles. The van der Waals surface area contributed by atoms with Gasteiger partial charge in [-0.2, -0.15) is 12.7 Å². The Hall–Kier alpha value is -3.63. The van der Waals surface area contributed by atoms with Crippen LogP contribution in [0.25, 0.3) is 22.2 Å². The lowest BCUT2D eigenvalue weighted by molar-refractivity contribution is 0.103. The molecule has 0 bridgehead atoms. The molecule has 0 amide bonds. The van der Waals surface area contributed by atoms with Crippen LogP contribution in [0, 0.1) is 5.82 Å². The number of ketones is 1. The zero-order valence-corrected chi connectivity index (χ0v) is 18.3. The van der Waals surface area contributed by atoms with Gasteiger partial charge >= 0.3 is 10.2 Å². The second kappa shape index (κ2) is 8.38. The lowest BCUT2D eigenvalue weighted by atomic mass is 10.0. The number of halogens is 1. The number of carbonyl (C=O) groups excluding carboxylic acids is 1. The maximum absolute atomic E-state index is 15.3. The molecule has 2 N–H and O–H groups in total. The summed E-state index contributed by atoms with van der Waals surface area (Å²) in [6.45, 7) is 0.772. The van der Waals surface area contributed by atoms with Gasteiger partial charge in [-0.3, -0.25) is 14.5 Å². The number of aromatic amines is 1. The first-order chi connectivity index (χ1) is 15.9. The standard InChI is InChI=1S/C23H20FN5O3S/c24-21-17(6-3-7-20(21)28-33(31,32)29-9-1-2-10-29)22(30)19-14-27-23-18(19)11-16(13-26-23)15-5-4-8-25-12-15/h3-8,11-14,28H,1-2,9-10H2,(H,26,27). The second-order valence-electron chi connectivity index (χ2n) is 7.77. The van der Waals surface area contributed by atoms with Crippen LogP contribution in [0.2, 0.25) is 0 Å². The number of pyridine rings is 2. The fourth-order valence-electron chi connectivity index (χ4n) is 3.95. The Bertz CT molecular complexity index is 1450. The molecule has 5 rings (SSSR count). The number of carbonyl (C=O) groups is 1. The quantitative estimate of drug-likeness (QED) is 0.422. The molecule has 1 fully saturated rings. The molecule has 1 aliphatic heterocycles. The van der Waals surface area contributed by atoms with Gasteiger partial charge in [-0.05, 0) is 37.1 Å². The summed E-state index contributed by atoms with van der Waals surface area (Å²) in [6.07, 6.45) is 8.02. The van der Waals surface area contributed by atoms with Crippen molar-refractivity contribution in [3.05, 3.63) is 78.1 Å². The minimum absolute atomic E-state index is 0.232. The molecule has 168 valence electrons. The fourth-order valence-corrected chi connectivity index (χ4v) is 5.25. The van der Waals surface area contributed by atoms with Crippen molar-refractivity contribution in [2.75, 3.05) is 17.8 Å². The third kappa shape index (κ3) is 3.98. The smallest absolute Gasteiger partial charge is 0.301 e. The van der Waals surface area contributed by atoms with Gasteiger partial charge in [0, 0.05) is 60.0 Å². The predicted molar refractivity (Wildman–Crippen MR) is 123 cm³/mol. The van der Waals surface area contributed by atoms with Crippen molar-refractivity contribution in [1.29, 1.82) is 0 Å². The molecule has 0 atom stereocenters. The van der Waals surface area contributed by atoms with Gasteiger partial charge in [-0.15, -0.1) is 0 Å². The largest absolute Gasteiger partial charge is 0.345 e. The van der Waals surface area contributed by atoms with E-state index >= 15 is 4.39 Å². The van der Waals surface area contributed by atoms with Crippen molar-refractivity contribution >= 4 is 32.7 Å². The monoisotopic (exact) mass is 465 g/mol. The van der Waals surface area contributed by atoms with Crippen LogP contribution in [0.1, 0.15) is 28.8 Å². The Morgan fingerprint density at radius 3 is 2.64 bits per heavy atom. The van der Waals surface area contributed by atoms with Crippen LogP contribution in [-0.4, -0.2) is 46.5 Å². The summed E-state index contributed by atoms with van der Waals surface area (Å²) < 4.78 is 43.9. The van der Waals surface area contributed by atoms with E-state index in [4.69, 9.17) is 0 Å². The van der Waals surface area contributed by atoms with Crippen LogP contribution >= 0.6 is 0 Å². The second-order valence-corrected chi connectivity index (χ2v) is 9.44. The van der Waals surface area contributed by atoms with Gasteiger partial charge in [0.25, 0.3) is 0 Å². The highest BCUT2D eigenvalue weighted by molar-refractivity contribution is 7.90. The lowest BCUT2D eigenvalue weighted by Crippen LogP contribution is -2.33.